The number of aryl methyl sites for hydroxylation is 3. The first kappa shape index (κ1) is 17.8. The second-order valence-electron chi connectivity index (χ2n) is 5.96. The Morgan fingerprint density at radius 1 is 1.27 bits per heavy atom. The molecule has 0 amide bonds. The molecule has 0 bridgehead atoms. The average Bonchev–Trinajstić information content (AvgIpc) is 3.29. The van der Waals surface area contributed by atoms with Gasteiger partial charge in [-0.3, -0.25) is 4.79 Å². The highest BCUT2D eigenvalue weighted by molar-refractivity contribution is 5.69. The highest BCUT2D eigenvalue weighted by atomic mass is 16.5. The van der Waals surface area contributed by atoms with E-state index in [1.54, 1.807) is 10.9 Å². The van der Waals surface area contributed by atoms with Crippen molar-refractivity contribution in [1.29, 1.82) is 0 Å². The fourth-order valence-corrected chi connectivity index (χ4v) is 2.42. The lowest BCUT2D eigenvalue weighted by Crippen LogP contribution is -2.11. The lowest BCUT2D eigenvalue weighted by molar-refractivity contribution is -0.145. The van der Waals surface area contributed by atoms with Crippen molar-refractivity contribution in [3.8, 4) is 11.3 Å². The summed E-state index contributed by atoms with van der Waals surface area (Å²) in [5.41, 5.74) is 2.14. The maximum Gasteiger partial charge on any atom is 0.306 e. The Bertz CT molecular complexity index is 854. The second-order valence-corrected chi connectivity index (χ2v) is 5.96. The zero-order valence-corrected chi connectivity index (χ0v) is 14.9. The number of oxazole rings is 1. The van der Waals surface area contributed by atoms with E-state index in [1.807, 2.05) is 38.1 Å². The van der Waals surface area contributed by atoms with Crippen molar-refractivity contribution in [3.63, 3.8) is 0 Å². The predicted molar refractivity (Wildman–Crippen MR) is 92.9 cm³/mol. The van der Waals surface area contributed by atoms with Crippen molar-refractivity contribution < 1.29 is 13.9 Å². The minimum atomic E-state index is -0.342. The maximum absolute atomic E-state index is 11.9. The van der Waals surface area contributed by atoms with Crippen LogP contribution in [0.1, 0.15) is 37.0 Å². The molecule has 0 aliphatic heterocycles. The second kappa shape index (κ2) is 8.37. The summed E-state index contributed by atoms with van der Waals surface area (Å²) in [7, 11) is 0. The number of carbonyl (C=O) groups is 1. The van der Waals surface area contributed by atoms with E-state index in [2.05, 4.69) is 20.5 Å². The normalized spacial score (nSPS) is 10.8. The van der Waals surface area contributed by atoms with Crippen LogP contribution in [0.4, 0.5) is 0 Å². The summed E-state index contributed by atoms with van der Waals surface area (Å²) in [5, 5.41) is 11.3. The molecular weight excluding hydrogens is 334 g/mol. The van der Waals surface area contributed by atoms with Crippen molar-refractivity contribution in [2.24, 2.45) is 0 Å². The van der Waals surface area contributed by atoms with E-state index >= 15 is 0 Å². The lowest BCUT2D eigenvalue weighted by atomic mass is 10.1. The first-order valence-corrected chi connectivity index (χ1v) is 8.58. The first-order chi connectivity index (χ1) is 12.7. The fraction of sp³-hybridized carbons (Fsp3) is 0.389. The quantitative estimate of drug-likeness (QED) is 0.573. The van der Waals surface area contributed by atoms with E-state index in [0.29, 0.717) is 30.4 Å². The molecule has 136 valence electrons. The van der Waals surface area contributed by atoms with Gasteiger partial charge in [-0.1, -0.05) is 36.8 Å². The Kier molecular flexibility index (Phi) is 5.73. The van der Waals surface area contributed by atoms with Gasteiger partial charge in [0.25, 0.3) is 0 Å². The molecule has 0 aliphatic rings. The summed E-state index contributed by atoms with van der Waals surface area (Å²) < 4.78 is 12.6. The van der Waals surface area contributed by atoms with Gasteiger partial charge in [-0.25, -0.2) is 9.67 Å². The van der Waals surface area contributed by atoms with E-state index in [1.165, 1.54) is 5.56 Å². The minimum absolute atomic E-state index is 0.0615. The molecule has 3 aromatic rings. The average molecular weight is 355 g/mol. The van der Waals surface area contributed by atoms with Crippen molar-refractivity contribution >= 4 is 5.97 Å². The van der Waals surface area contributed by atoms with Crippen LogP contribution >= 0.6 is 0 Å². The summed E-state index contributed by atoms with van der Waals surface area (Å²) in [6.07, 6.45) is 3.14. The van der Waals surface area contributed by atoms with Gasteiger partial charge in [-0.15, -0.1) is 5.10 Å². The standard InChI is InChI=1S/C18H21N5O3/c1-3-10-23-16(20-21-22-23)12-25-18(24)9-8-17-19-11-15(26-17)14-6-4-13(2)5-7-14/h4-7,11H,3,8-10,12H2,1-2H3. The molecule has 26 heavy (non-hydrogen) atoms. The van der Waals surface area contributed by atoms with E-state index in [0.717, 1.165) is 12.0 Å². The van der Waals surface area contributed by atoms with Crippen LogP contribution in [0.15, 0.2) is 34.9 Å². The zero-order valence-electron chi connectivity index (χ0n) is 14.9. The van der Waals surface area contributed by atoms with Gasteiger partial charge in [0, 0.05) is 18.5 Å². The molecule has 0 N–H and O–H groups in total. The molecule has 8 nitrogen and oxygen atoms in total. The van der Waals surface area contributed by atoms with Crippen molar-refractivity contribution in [1.82, 2.24) is 25.2 Å². The van der Waals surface area contributed by atoms with Crippen LogP contribution in [0.2, 0.25) is 0 Å². The molecule has 0 saturated heterocycles. The van der Waals surface area contributed by atoms with Gasteiger partial charge >= 0.3 is 5.97 Å². The van der Waals surface area contributed by atoms with Crippen molar-refractivity contribution in [3.05, 3.63) is 47.7 Å². The fourth-order valence-electron chi connectivity index (χ4n) is 2.42. The number of tetrazole rings is 1. The van der Waals surface area contributed by atoms with Gasteiger partial charge in [-0.05, 0) is 23.8 Å². The van der Waals surface area contributed by atoms with Crippen LogP contribution in [0, 0.1) is 6.92 Å². The van der Waals surface area contributed by atoms with Crippen LogP contribution in [0.25, 0.3) is 11.3 Å². The molecule has 0 aliphatic carbocycles. The minimum Gasteiger partial charge on any atom is -0.457 e. The number of rotatable bonds is 8. The third kappa shape index (κ3) is 4.53. The summed E-state index contributed by atoms with van der Waals surface area (Å²) in [5.74, 6) is 1.39. The summed E-state index contributed by atoms with van der Waals surface area (Å²) in [6.45, 7) is 4.81. The molecule has 0 radical (unpaired) electrons. The molecule has 0 saturated carbocycles. The third-order valence-corrected chi connectivity index (χ3v) is 3.84. The number of hydrogen-bond acceptors (Lipinski definition) is 7. The Morgan fingerprint density at radius 3 is 2.85 bits per heavy atom. The van der Waals surface area contributed by atoms with E-state index in [4.69, 9.17) is 9.15 Å². The van der Waals surface area contributed by atoms with Gasteiger partial charge in [0.15, 0.2) is 24.1 Å². The van der Waals surface area contributed by atoms with E-state index in [-0.39, 0.29) is 19.0 Å². The van der Waals surface area contributed by atoms with E-state index < -0.39 is 0 Å². The van der Waals surface area contributed by atoms with Gasteiger partial charge in [0.2, 0.25) is 0 Å². The molecule has 3 rings (SSSR count). The van der Waals surface area contributed by atoms with Crippen molar-refractivity contribution in [2.45, 2.75) is 46.3 Å². The summed E-state index contributed by atoms with van der Waals surface area (Å²) in [6, 6.07) is 7.99. The monoisotopic (exact) mass is 355 g/mol. The number of nitrogens with zero attached hydrogens (tertiary/aromatic N) is 5. The van der Waals surface area contributed by atoms with Crippen LogP contribution in [0.5, 0.6) is 0 Å². The number of aromatic nitrogens is 5. The van der Waals surface area contributed by atoms with Gasteiger partial charge in [0.05, 0.1) is 12.6 Å². The Hall–Kier alpha value is -3.03. The molecular formula is C18H21N5O3. The Balaban J connectivity index is 1.49. The van der Waals surface area contributed by atoms with Gasteiger partial charge < -0.3 is 9.15 Å². The predicted octanol–water partition coefficient (Wildman–Crippen LogP) is 2.72. The lowest BCUT2D eigenvalue weighted by Gasteiger charge is -2.04. The molecule has 0 spiro atoms. The Morgan fingerprint density at radius 2 is 2.08 bits per heavy atom. The molecule has 1 aromatic carbocycles. The molecule has 0 unspecified atom stereocenters. The molecule has 8 heteroatoms. The summed E-state index contributed by atoms with van der Waals surface area (Å²) >= 11 is 0. The van der Waals surface area contributed by atoms with Gasteiger partial charge in [-0.2, -0.15) is 0 Å². The first-order valence-electron chi connectivity index (χ1n) is 8.58. The number of ether oxygens (including phenoxy) is 1. The maximum atomic E-state index is 11.9. The smallest absolute Gasteiger partial charge is 0.306 e. The third-order valence-electron chi connectivity index (χ3n) is 3.84. The van der Waals surface area contributed by atoms with Crippen LogP contribution in [-0.2, 0) is 29.1 Å². The van der Waals surface area contributed by atoms with Gasteiger partial charge in [0.1, 0.15) is 0 Å². The molecule has 2 aromatic heterocycles. The highest BCUT2D eigenvalue weighted by Gasteiger charge is 2.12. The number of hydrogen-bond donors (Lipinski definition) is 0. The highest BCUT2D eigenvalue weighted by Crippen LogP contribution is 2.21. The van der Waals surface area contributed by atoms with Crippen LogP contribution < -0.4 is 0 Å². The van der Waals surface area contributed by atoms with Crippen LogP contribution in [0.3, 0.4) is 0 Å². The topological polar surface area (TPSA) is 95.9 Å². The van der Waals surface area contributed by atoms with Crippen molar-refractivity contribution in [2.75, 3.05) is 0 Å². The molecule has 0 atom stereocenters. The number of benzene rings is 1. The molecule has 0 fully saturated rings. The largest absolute Gasteiger partial charge is 0.457 e. The number of esters is 1. The van der Waals surface area contributed by atoms with E-state index in [9.17, 15) is 4.79 Å². The summed E-state index contributed by atoms with van der Waals surface area (Å²) in [4.78, 5) is 16.2. The number of carbonyl (C=O) groups excluding carboxylic acids is 1. The molecule has 2 heterocycles. The van der Waals surface area contributed by atoms with Crippen LogP contribution in [-0.4, -0.2) is 31.2 Å². The SMILES string of the molecule is CCCn1nnnc1COC(=O)CCc1ncc(-c2ccc(C)cc2)o1. The zero-order chi connectivity index (χ0) is 18.4. The Labute approximate surface area is 151 Å².